The largest absolute Gasteiger partial charge is 0.497 e. The quantitative estimate of drug-likeness (QED) is 0.400. The molecule has 0 unspecified atom stereocenters. The minimum atomic E-state index is -0.465. The Bertz CT molecular complexity index is 649. The van der Waals surface area contributed by atoms with Gasteiger partial charge >= 0.3 is 0 Å². The second-order valence-electron chi connectivity index (χ2n) is 4.18. The van der Waals surface area contributed by atoms with Crippen LogP contribution in [0.15, 0.2) is 42.5 Å². The Morgan fingerprint density at radius 2 is 1.85 bits per heavy atom. The normalized spacial score (nSPS) is 10.7. The van der Waals surface area contributed by atoms with E-state index in [9.17, 15) is 10.1 Å². The molecular weight excluding hydrogens is 256 g/mol. The second-order valence-corrected chi connectivity index (χ2v) is 4.18. The van der Waals surface area contributed by atoms with Crippen LogP contribution in [0.4, 0.5) is 11.4 Å². The molecule has 0 aliphatic carbocycles. The molecule has 0 bridgehead atoms. The van der Waals surface area contributed by atoms with Crippen LogP contribution in [-0.2, 0) is 0 Å². The average molecular weight is 270 g/mol. The zero-order valence-corrected chi connectivity index (χ0v) is 10.9. The van der Waals surface area contributed by atoms with Crippen LogP contribution >= 0.6 is 0 Å². The van der Waals surface area contributed by atoms with Crippen LogP contribution in [0.1, 0.15) is 11.1 Å². The number of nitro groups is 1. The number of nitrogens with zero attached hydrogens (tertiary/aromatic N) is 1. The second kappa shape index (κ2) is 5.88. The first-order valence-corrected chi connectivity index (χ1v) is 5.96. The minimum absolute atomic E-state index is 0.0101. The van der Waals surface area contributed by atoms with Gasteiger partial charge in [0.25, 0.3) is 5.69 Å². The molecule has 0 aliphatic heterocycles. The molecular formula is C15H14N2O3. The van der Waals surface area contributed by atoms with Crippen molar-refractivity contribution in [2.45, 2.75) is 0 Å². The van der Waals surface area contributed by atoms with Gasteiger partial charge in [-0.05, 0) is 29.3 Å². The lowest BCUT2D eigenvalue weighted by Crippen LogP contribution is -1.93. The van der Waals surface area contributed by atoms with Crippen LogP contribution in [0.2, 0.25) is 0 Å². The van der Waals surface area contributed by atoms with E-state index in [4.69, 9.17) is 10.5 Å². The van der Waals surface area contributed by atoms with Crippen molar-refractivity contribution in [1.82, 2.24) is 0 Å². The lowest BCUT2D eigenvalue weighted by atomic mass is 10.1. The van der Waals surface area contributed by atoms with Crippen molar-refractivity contribution in [1.29, 1.82) is 0 Å². The third kappa shape index (κ3) is 3.14. The van der Waals surface area contributed by atoms with Gasteiger partial charge in [-0.25, -0.2) is 0 Å². The Kier molecular flexibility index (Phi) is 4.00. The molecule has 0 aromatic heterocycles. The Morgan fingerprint density at radius 3 is 2.40 bits per heavy atom. The predicted octanol–water partition coefficient (Wildman–Crippen LogP) is 3.36. The van der Waals surface area contributed by atoms with E-state index >= 15 is 0 Å². The van der Waals surface area contributed by atoms with E-state index in [2.05, 4.69) is 0 Å². The third-order valence-corrected chi connectivity index (χ3v) is 2.85. The van der Waals surface area contributed by atoms with Crippen LogP contribution in [0.3, 0.4) is 0 Å². The molecule has 0 heterocycles. The highest BCUT2D eigenvalue weighted by molar-refractivity contribution is 5.76. The van der Waals surface area contributed by atoms with Crippen molar-refractivity contribution in [3.05, 3.63) is 63.7 Å². The standard InChI is InChI=1S/C15H14N2O3/c1-20-14-8-3-11(4-9-14)2-5-12-6-7-13(17(18)19)10-15(12)16/h2-10H,16H2,1H3. The highest BCUT2D eigenvalue weighted by Gasteiger charge is 2.06. The van der Waals surface area contributed by atoms with Crippen LogP contribution < -0.4 is 10.5 Å². The summed E-state index contributed by atoms with van der Waals surface area (Å²) in [5.74, 6) is 0.789. The van der Waals surface area contributed by atoms with Gasteiger partial charge in [0.2, 0.25) is 0 Å². The molecule has 0 amide bonds. The first kappa shape index (κ1) is 13.6. The number of hydrogen-bond donors (Lipinski definition) is 1. The molecule has 2 aromatic rings. The fourth-order valence-corrected chi connectivity index (χ4v) is 1.73. The number of methoxy groups -OCH3 is 1. The summed E-state index contributed by atoms with van der Waals surface area (Å²) in [6, 6.07) is 12.0. The van der Waals surface area contributed by atoms with Crippen molar-refractivity contribution in [3.8, 4) is 5.75 Å². The summed E-state index contributed by atoms with van der Waals surface area (Å²) < 4.78 is 5.08. The Hall–Kier alpha value is -2.82. The smallest absolute Gasteiger partial charge is 0.271 e. The van der Waals surface area contributed by atoms with Gasteiger partial charge in [-0.15, -0.1) is 0 Å². The molecule has 2 rings (SSSR count). The van der Waals surface area contributed by atoms with Gasteiger partial charge in [0.15, 0.2) is 0 Å². The molecule has 0 aliphatic rings. The summed E-state index contributed by atoms with van der Waals surface area (Å²) in [6.45, 7) is 0. The number of hydrogen-bond acceptors (Lipinski definition) is 4. The van der Waals surface area contributed by atoms with E-state index in [1.54, 1.807) is 13.2 Å². The predicted molar refractivity (Wildman–Crippen MR) is 79.4 cm³/mol. The van der Waals surface area contributed by atoms with Crippen molar-refractivity contribution in [2.24, 2.45) is 0 Å². The maximum absolute atomic E-state index is 10.6. The Labute approximate surface area is 116 Å². The highest BCUT2D eigenvalue weighted by atomic mass is 16.6. The number of ether oxygens (including phenoxy) is 1. The fourth-order valence-electron chi connectivity index (χ4n) is 1.73. The number of anilines is 1. The fraction of sp³-hybridized carbons (Fsp3) is 0.0667. The number of nitrogens with two attached hydrogens (primary N) is 1. The van der Waals surface area contributed by atoms with Gasteiger partial charge < -0.3 is 10.5 Å². The summed E-state index contributed by atoms with van der Waals surface area (Å²) in [7, 11) is 1.61. The molecule has 2 aromatic carbocycles. The van der Waals surface area contributed by atoms with Gasteiger partial charge in [0.1, 0.15) is 5.75 Å². The summed E-state index contributed by atoms with van der Waals surface area (Å²) in [6.07, 6.45) is 3.71. The summed E-state index contributed by atoms with van der Waals surface area (Å²) in [5.41, 5.74) is 7.89. The number of benzene rings is 2. The van der Waals surface area contributed by atoms with Crippen molar-refractivity contribution >= 4 is 23.5 Å². The molecule has 0 saturated heterocycles. The molecule has 0 saturated carbocycles. The van der Waals surface area contributed by atoms with Crippen LogP contribution in [0.25, 0.3) is 12.2 Å². The molecule has 0 radical (unpaired) electrons. The van der Waals surface area contributed by atoms with Crippen molar-refractivity contribution in [3.63, 3.8) is 0 Å². The van der Waals surface area contributed by atoms with Gasteiger partial charge in [-0.2, -0.15) is 0 Å². The van der Waals surface area contributed by atoms with E-state index in [-0.39, 0.29) is 5.69 Å². The maximum atomic E-state index is 10.6. The number of nitro benzene ring substituents is 1. The number of nitrogen functional groups attached to an aromatic ring is 1. The van der Waals surface area contributed by atoms with Gasteiger partial charge in [0, 0.05) is 17.8 Å². The molecule has 0 spiro atoms. The van der Waals surface area contributed by atoms with Crippen LogP contribution in [-0.4, -0.2) is 12.0 Å². The zero-order valence-electron chi connectivity index (χ0n) is 10.9. The van der Waals surface area contributed by atoms with Gasteiger partial charge in [-0.1, -0.05) is 24.3 Å². The minimum Gasteiger partial charge on any atom is -0.497 e. The summed E-state index contributed by atoms with van der Waals surface area (Å²) >= 11 is 0. The lowest BCUT2D eigenvalue weighted by Gasteiger charge is -2.01. The van der Waals surface area contributed by atoms with Gasteiger partial charge in [0.05, 0.1) is 12.0 Å². The molecule has 2 N–H and O–H groups in total. The number of non-ortho nitro benzene ring substituents is 1. The lowest BCUT2D eigenvalue weighted by molar-refractivity contribution is -0.384. The van der Waals surface area contributed by atoms with E-state index in [1.807, 2.05) is 36.4 Å². The topological polar surface area (TPSA) is 78.4 Å². The monoisotopic (exact) mass is 270 g/mol. The molecule has 102 valence electrons. The van der Waals surface area contributed by atoms with Crippen molar-refractivity contribution < 1.29 is 9.66 Å². The summed E-state index contributed by atoms with van der Waals surface area (Å²) in [4.78, 5) is 10.2. The molecule has 0 fully saturated rings. The Morgan fingerprint density at radius 1 is 1.15 bits per heavy atom. The first-order valence-electron chi connectivity index (χ1n) is 5.96. The van der Waals surface area contributed by atoms with Gasteiger partial charge in [-0.3, -0.25) is 10.1 Å². The zero-order chi connectivity index (χ0) is 14.5. The molecule has 0 atom stereocenters. The third-order valence-electron chi connectivity index (χ3n) is 2.85. The molecule has 5 nitrogen and oxygen atoms in total. The average Bonchev–Trinajstić information content (AvgIpc) is 2.46. The SMILES string of the molecule is COc1ccc(C=Cc2ccc([N+](=O)[O-])cc2N)cc1. The van der Waals surface area contributed by atoms with E-state index < -0.39 is 4.92 Å². The van der Waals surface area contributed by atoms with Crippen LogP contribution in [0.5, 0.6) is 5.75 Å². The molecule has 5 heteroatoms. The van der Waals surface area contributed by atoms with E-state index in [0.29, 0.717) is 5.69 Å². The Balaban J connectivity index is 2.20. The number of rotatable bonds is 4. The van der Waals surface area contributed by atoms with Crippen LogP contribution in [0, 0.1) is 10.1 Å². The summed E-state index contributed by atoms with van der Waals surface area (Å²) in [5, 5.41) is 10.6. The van der Waals surface area contributed by atoms with Crippen molar-refractivity contribution in [2.75, 3.05) is 12.8 Å². The van der Waals surface area contributed by atoms with E-state index in [1.165, 1.54) is 12.1 Å². The maximum Gasteiger partial charge on any atom is 0.271 e. The van der Waals surface area contributed by atoms with E-state index in [0.717, 1.165) is 16.9 Å². The highest BCUT2D eigenvalue weighted by Crippen LogP contribution is 2.22. The molecule has 20 heavy (non-hydrogen) atoms. The first-order chi connectivity index (χ1) is 9.60.